The van der Waals surface area contributed by atoms with Crippen molar-refractivity contribution in [3.05, 3.63) is 59.7 Å². The second kappa shape index (κ2) is 9.78. The molecule has 0 aliphatic rings. The number of likely N-dealkylation sites (N-methyl/N-ethyl adjacent to an activating group) is 1. The summed E-state index contributed by atoms with van der Waals surface area (Å²) in [5.74, 6) is -0.886. The number of hydrogen-bond acceptors (Lipinski definition) is 4. The fourth-order valence-corrected chi connectivity index (χ4v) is 2.67. The number of alkyl halides is 3. The number of halogens is 3. The summed E-state index contributed by atoms with van der Waals surface area (Å²) in [4.78, 5) is 26.1. The molecule has 0 saturated heterocycles. The first kappa shape index (κ1) is 22.7. The molecular formula is C21H20F3N3O3. The number of para-hydroxylation sites is 1. The molecule has 0 fully saturated rings. The highest BCUT2D eigenvalue weighted by Gasteiger charge is 2.33. The van der Waals surface area contributed by atoms with Crippen molar-refractivity contribution in [2.75, 3.05) is 18.4 Å². The van der Waals surface area contributed by atoms with Crippen LogP contribution in [0.25, 0.3) is 0 Å². The van der Waals surface area contributed by atoms with Gasteiger partial charge in [-0.3, -0.25) is 9.59 Å². The van der Waals surface area contributed by atoms with Gasteiger partial charge in [0.1, 0.15) is 5.75 Å². The van der Waals surface area contributed by atoms with Crippen molar-refractivity contribution >= 4 is 17.5 Å². The monoisotopic (exact) mass is 419 g/mol. The van der Waals surface area contributed by atoms with E-state index >= 15 is 0 Å². The predicted molar refractivity (Wildman–Crippen MR) is 104 cm³/mol. The summed E-state index contributed by atoms with van der Waals surface area (Å²) in [6.45, 7) is 2.88. The lowest BCUT2D eigenvalue weighted by molar-refractivity contribution is -0.140. The fourth-order valence-electron chi connectivity index (χ4n) is 2.67. The van der Waals surface area contributed by atoms with Crippen LogP contribution < -0.4 is 10.1 Å². The van der Waals surface area contributed by atoms with Gasteiger partial charge in [0, 0.05) is 6.54 Å². The lowest BCUT2D eigenvalue weighted by Gasteiger charge is -2.24. The number of hydrogen-bond donors (Lipinski definition) is 1. The maximum atomic E-state index is 13.1. The standard InChI is InChI=1S/C21H20F3N3O3/c1-3-27(20(29)14(2)30-16-10-8-15(12-25)9-11-16)13-19(28)26-18-7-5-4-6-17(18)21(22,23)24/h4-11,14H,3,13H2,1-2H3,(H,26,28). The number of carbonyl (C=O) groups is 2. The van der Waals surface area contributed by atoms with Crippen LogP contribution in [0.15, 0.2) is 48.5 Å². The highest BCUT2D eigenvalue weighted by atomic mass is 19.4. The Labute approximate surface area is 171 Å². The Kier molecular flexibility index (Phi) is 7.42. The average Bonchev–Trinajstić information content (AvgIpc) is 2.71. The third kappa shape index (κ3) is 5.98. The van der Waals surface area contributed by atoms with E-state index in [4.69, 9.17) is 10.00 Å². The zero-order chi connectivity index (χ0) is 22.3. The molecule has 0 heterocycles. The molecule has 2 aromatic carbocycles. The van der Waals surface area contributed by atoms with Gasteiger partial charge in [-0.25, -0.2) is 0 Å². The lowest BCUT2D eigenvalue weighted by atomic mass is 10.1. The normalized spacial score (nSPS) is 11.9. The molecule has 0 bridgehead atoms. The molecule has 9 heteroatoms. The molecule has 30 heavy (non-hydrogen) atoms. The second-order valence-corrected chi connectivity index (χ2v) is 6.34. The topological polar surface area (TPSA) is 82.4 Å². The molecule has 0 spiro atoms. The molecule has 158 valence electrons. The predicted octanol–water partition coefficient (Wildman–Crippen LogP) is 3.83. The maximum absolute atomic E-state index is 13.1. The summed E-state index contributed by atoms with van der Waals surface area (Å²) in [6, 6.07) is 12.7. The molecular weight excluding hydrogens is 399 g/mol. The summed E-state index contributed by atoms with van der Waals surface area (Å²) in [7, 11) is 0. The summed E-state index contributed by atoms with van der Waals surface area (Å²) >= 11 is 0. The Morgan fingerprint density at radius 2 is 1.80 bits per heavy atom. The molecule has 0 saturated carbocycles. The zero-order valence-electron chi connectivity index (χ0n) is 16.4. The van der Waals surface area contributed by atoms with Gasteiger partial charge in [-0.05, 0) is 50.2 Å². The van der Waals surface area contributed by atoms with Crippen LogP contribution in [0.1, 0.15) is 25.0 Å². The van der Waals surface area contributed by atoms with Gasteiger partial charge in [0.05, 0.1) is 29.4 Å². The zero-order valence-corrected chi connectivity index (χ0v) is 16.4. The number of carbonyl (C=O) groups excluding carboxylic acids is 2. The number of nitrogens with zero attached hydrogens (tertiary/aromatic N) is 2. The highest BCUT2D eigenvalue weighted by Crippen LogP contribution is 2.34. The fraction of sp³-hybridized carbons (Fsp3) is 0.286. The van der Waals surface area contributed by atoms with Crippen molar-refractivity contribution in [2.24, 2.45) is 0 Å². The molecule has 1 unspecified atom stereocenters. The SMILES string of the molecule is CCN(CC(=O)Nc1ccccc1C(F)(F)F)C(=O)C(C)Oc1ccc(C#N)cc1. The van der Waals surface area contributed by atoms with Crippen molar-refractivity contribution in [1.29, 1.82) is 5.26 Å². The van der Waals surface area contributed by atoms with Gasteiger partial charge >= 0.3 is 6.18 Å². The van der Waals surface area contributed by atoms with Crippen LogP contribution in [0, 0.1) is 11.3 Å². The van der Waals surface area contributed by atoms with E-state index in [0.717, 1.165) is 12.1 Å². The van der Waals surface area contributed by atoms with Gasteiger partial charge in [0.2, 0.25) is 5.91 Å². The van der Waals surface area contributed by atoms with Crippen LogP contribution in [0.3, 0.4) is 0 Å². The van der Waals surface area contributed by atoms with Crippen LogP contribution in [0.4, 0.5) is 18.9 Å². The Morgan fingerprint density at radius 1 is 1.17 bits per heavy atom. The van der Waals surface area contributed by atoms with Crippen molar-refractivity contribution in [3.8, 4) is 11.8 Å². The van der Waals surface area contributed by atoms with Gasteiger partial charge in [-0.2, -0.15) is 18.4 Å². The molecule has 2 aromatic rings. The van der Waals surface area contributed by atoms with Crippen LogP contribution >= 0.6 is 0 Å². The minimum Gasteiger partial charge on any atom is -0.481 e. The van der Waals surface area contributed by atoms with E-state index in [0.29, 0.717) is 11.3 Å². The lowest BCUT2D eigenvalue weighted by Crippen LogP contribution is -2.44. The molecule has 1 atom stereocenters. The second-order valence-electron chi connectivity index (χ2n) is 6.34. The molecule has 0 radical (unpaired) electrons. The summed E-state index contributed by atoms with van der Waals surface area (Å²) in [5.41, 5.74) is -0.905. The maximum Gasteiger partial charge on any atom is 0.418 e. The largest absolute Gasteiger partial charge is 0.481 e. The number of rotatable bonds is 7. The number of nitrogens with one attached hydrogen (secondary N) is 1. The van der Waals surface area contributed by atoms with E-state index in [1.165, 1.54) is 36.1 Å². The van der Waals surface area contributed by atoms with Crippen LogP contribution in [0.5, 0.6) is 5.75 Å². The molecule has 1 N–H and O–H groups in total. The van der Waals surface area contributed by atoms with Gasteiger partial charge < -0.3 is 15.0 Å². The number of nitriles is 1. The number of benzene rings is 2. The van der Waals surface area contributed by atoms with Gasteiger partial charge in [0.25, 0.3) is 5.91 Å². The molecule has 0 aromatic heterocycles. The smallest absolute Gasteiger partial charge is 0.418 e. The van der Waals surface area contributed by atoms with Gasteiger partial charge in [-0.15, -0.1) is 0 Å². The Morgan fingerprint density at radius 3 is 2.37 bits per heavy atom. The van der Waals surface area contributed by atoms with Crippen LogP contribution in [-0.2, 0) is 15.8 Å². The van der Waals surface area contributed by atoms with Crippen LogP contribution in [0.2, 0.25) is 0 Å². The Bertz CT molecular complexity index is 937. The summed E-state index contributed by atoms with van der Waals surface area (Å²) in [6.07, 6.45) is -5.55. The number of amides is 2. The molecule has 6 nitrogen and oxygen atoms in total. The highest BCUT2D eigenvalue weighted by molar-refractivity contribution is 5.95. The quantitative estimate of drug-likeness (QED) is 0.740. The molecule has 2 rings (SSSR count). The summed E-state index contributed by atoms with van der Waals surface area (Å²) in [5, 5.41) is 11.0. The van der Waals surface area contributed by atoms with E-state index in [9.17, 15) is 22.8 Å². The third-order valence-electron chi connectivity index (χ3n) is 4.18. The number of anilines is 1. The van der Waals surface area contributed by atoms with Gasteiger partial charge in [0.15, 0.2) is 6.10 Å². The van der Waals surface area contributed by atoms with Crippen molar-refractivity contribution in [3.63, 3.8) is 0 Å². The van der Waals surface area contributed by atoms with Gasteiger partial charge in [-0.1, -0.05) is 12.1 Å². The molecule has 0 aliphatic heterocycles. The first-order valence-corrected chi connectivity index (χ1v) is 9.07. The van der Waals surface area contributed by atoms with Crippen molar-refractivity contribution < 1.29 is 27.5 Å². The van der Waals surface area contributed by atoms with Crippen molar-refractivity contribution in [1.82, 2.24) is 4.90 Å². The number of ether oxygens (including phenoxy) is 1. The minimum absolute atomic E-state index is 0.161. The molecule has 2 amide bonds. The first-order valence-electron chi connectivity index (χ1n) is 9.07. The van der Waals surface area contributed by atoms with E-state index in [1.807, 2.05) is 6.07 Å². The molecule has 0 aliphatic carbocycles. The first-order chi connectivity index (χ1) is 14.2. The van der Waals surface area contributed by atoms with E-state index in [-0.39, 0.29) is 12.2 Å². The average molecular weight is 419 g/mol. The minimum atomic E-state index is -4.62. The van der Waals surface area contributed by atoms with Crippen molar-refractivity contribution in [2.45, 2.75) is 26.1 Å². The van der Waals surface area contributed by atoms with Crippen LogP contribution in [-0.4, -0.2) is 35.9 Å². The van der Waals surface area contributed by atoms with E-state index < -0.39 is 36.2 Å². The van der Waals surface area contributed by atoms with E-state index in [2.05, 4.69) is 5.32 Å². The Balaban J connectivity index is 2.02. The van der Waals surface area contributed by atoms with E-state index in [1.54, 1.807) is 19.1 Å². The third-order valence-corrected chi connectivity index (χ3v) is 4.18. The Hall–Kier alpha value is -3.54. The summed E-state index contributed by atoms with van der Waals surface area (Å²) < 4.78 is 44.7.